The van der Waals surface area contributed by atoms with Crippen LogP contribution in [0.1, 0.15) is 5.56 Å². The number of carbonyl (C=O) groups is 1. The molecule has 2 aromatic rings. The van der Waals surface area contributed by atoms with Gasteiger partial charge in [0, 0.05) is 5.56 Å². The van der Waals surface area contributed by atoms with Gasteiger partial charge in [0.2, 0.25) is 0 Å². The normalized spacial score (nSPS) is 11.6. The number of hydrogen-bond acceptors (Lipinski definition) is 3. The van der Waals surface area contributed by atoms with Gasteiger partial charge in [-0.25, -0.2) is 4.39 Å². The molecule has 0 fully saturated rings. The lowest BCUT2D eigenvalue weighted by Crippen LogP contribution is -2.18. The number of alkyl halides is 3. The van der Waals surface area contributed by atoms with E-state index in [1.54, 1.807) is 6.07 Å². The summed E-state index contributed by atoms with van der Waals surface area (Å²) in [5.41, 5.74) is -0.796. The smallest absolute Gasteiger partial charge is 0.405 e. The highest BCUT2D eigenvalue weighted by Crippen LogP contribution is 2.28. The number of nitrogens with one attached hydrogen (secondary N) is 1. The Bertz CT molecular complexity index is 854. The number of hydrogen-bond donors (Lipinski definition) is 1. The van der Waals surface area contributed by atoms with Gasteiger partial charge in [-0.1, -0.05) is 30.3 Å². The summed E-state index contributed by atoms with van der Waals surface area (Å²) in [6, 6.07) is 11.9. The van der Waals surface area contributed by atoms with Crippen LogP contribution in [0.25, 0.3) is 6.08 Å². The van der Waals surface area contributed by atoms with Crippen molar-refractivity contribution >= 4 is 17.7 Å². The van der Waals surface area contributed by atoms with Gasteiger partial charge in [0.1, 0.15) is 23.2 Å². The molecule has 0 aliphatic heterocycles. The molecule has 0 atom stereocenters. The molecule has 0 aliphatic carbocycles. The monoisotopic (exact) mass is 350 g/mol. The van der Waals surface area contributed by atoms with Crippen LogP contribution in [0.5, 0.6) is 5.75 Å². The van der Waals surface area contributed by atoms with Gasteiger partial charge in [-0.05, 0) is 24.3 Å². The topological polar surface area (TPSA) is 62.1 Å². The lowest BCUT2D eigenvalue weighted by atomic mass is 10.1. The molecule has 0 unspecified atom stereocenters. The number of halogens is 4. The van der Waals surface area contributed by atoms with E-state index < -0.39 is 29.4 Å². The van der Waals surface area contributed by atoms with E-state index in [0.29, 0.717) is 0 Å². The molecule has 1 N–H and O–H groups in total. The van der Waals surface area contributed by atoms with Gasteiger partial charge in [0.15, 0.2) is 0 Å². The zero-order valence-corrected chi connectivity index (χ0v) is 12.5. The third-order valence-electron chi connectivity index (χ3n) is 2.93. The van der Waals surface area contributed by atoms with Crippen LogP contribution in [0.15, 0.2) is 54.1 Å². The maximum atomic E-state index is 13.5. The summed E-state index contributed by atoms with van der Waals surface area (Å²) in [5.74, 6) is -2.25. The average molecular weight is 350 g/mol. The summed E-state index contributed by atoms with van der Waals surface area (Å²) >= 11 is 0. The summed E-state index contributed by atoms with van der Waals surface area (Å²) in [4.78, 5) is 12.1. The molecule has 4 nitrogen and oxygen atoms in total. The molecule has 0 spiro atoms. The van der Waals surface area contributed by atoms with Crippen molar-refractivity contribution in [2.45, 2.75) is 6.36 Å². The zero-order chi connectivity index (χ0) is 18.4. The number of para-hydroxylation sites is 2. The Morgan fingerprint density at radius 1 is 1.12 bits per heavy atom. The lowest BCUT2D eigenvalue weighted by molar-refractivity contribution is -0.274. The van der Waals surface area contributed by atoms with Gasteiger partial charge in [0.25, 0.3) is 5.91 Å². The number of rotatable bonds is 4. The van der Waals surface area contributed by atoms with E-state index in [1.807, 2.05) is 0 Å². The van der Waals surface area contributed by atoms with E-state index in [-0.39, 0.29) is 11.3 Å². The average Bonchev–Trinajstić information content (AvgIpc) is 2.54. The van der Waals surface area contributed by atoms with Crippen LogP contribution in [-0.4, -0.2) is 12.3 Å². The number of benzene rings is 2. The Balaban J connectivity index is 2.30. The third kappa shape index (κ3) is 5.07. The maximum Gasteiger partial charge on any atom is 0.573 e. The number of nitrogens with zero attached hydrogens (tertiary/aromatic N) is 1. The van der Waals surface area contributed by atoms with Crippen molar-refractivity contribution < 1.29 is 27.1 Å². The molecule has 0 aromatic heterocycles. The number of ether oxygens (including phenoxy) is 1. The first kappa shape index (κ1) is 18.0. The standard InChI is InChI=1S/C17H10F4N2O2/c18-13-6-2-3-7-14(13)23-16(24)12(10-22)9-11-5-1-4-8-15(11)25-17(19,20)21/h1-9H,(H,23,24)/b12-9+. The van der Waals surface area contributed by atoms with Gasteiger partial charge in [-0.15, -0.1) is 13.2 Å². The van der Waals surface area contributed by atoms with Gasteiger partial charge in [-0.2, -0.15) is 5.26 Å². The Kier molecular flexibility index (Phi) is 5.39. The molecule has 0 heterocycles. The number of nitriles is 1. The second-order valence-corrected chi connectivity index (χ2v) is 4.69. The largest absolute Gasteiger partial charge is 0.573 e. The van der Waals surface area contributed by atoms with Gasteiger partial charge < -0.3 is 10.1 Å². The summed E-state index contributed by atoms with van der Waals surface area (Å²) in [5, 5.41) is 11.3. The maximum absolute atomic E-state index is 13.5. The SMILES string of the molecule is N#C/C(=C\c1ccccc1OC(F)(F)F)C(=O)Nc1ccccc1F. The number of carbonyl (C=O) groups excluding carboxylic acids is 1. The van der Waals surface area contributed by atoms with Crippen molar-refractivity contribution in [3.63, 3.8) is 0 Å². The molecule has 0 saturated carbocycles. The highest BCUT2D eigenvalue weighted by molar-refractivity contribution is 6.09. The zero-order valence-electron chi connectivity index (χ0n) is 12.5. The molecule has 8 heteroatoms. The quantitative estimate of drug-likeness (QED) is 0.509. The van der Waals surface area contributed by atoms with Crippen LogP contribution in [0.4, 0.5) is 23.2 Å². The van der Waals surface area contributed by atoms with Crippen molar-refractivity contribution in [1.29, 1.82) is 5.26 Å². The van der Waals surface area contributed by atoms with Crippen LogP contribution in [0.3, 0.4) is 0 Å². The Labute approximate surface area is 140 Å². The van der Waals surface area contributed by atoms with Crippen molar-refractivity contribution in [3.8, 4) is 11.8 Å². The van der Waals surface area contributed by atoms with Gasteiger partial charge in [0.05, 0.1) is 5.69 Å². The van der Waals surface area contributed by atoms with Gasteiger partial charge in [-0.3, -0.25) is 4.79 Å². The molecule has 0 radical (unpaired) electrons. The summed E-state index contributed by atoms with van der Waals surface area (Å²) in [6.07, 6.45) is -4.00. The van der Waals surface area contributed by atoms with E-state index in [2.05, 4.69) is 10.1 Å². The van der Waals surface area contributed by atoms with E-state index in [0.717, 1.165) is 18.2 Å². The molecule has 2 aromatic carbocycles. The third-order valence-corrected chi connectivity index (χ3v) is 2.93. The minimum atomic E-state index is -4.92. The fourth-order valence-corrected chi connectivity index (χ4v) is 1.87. The van der Waals surface area contributed by atoms with Crippen LogP contribution >= 0.6 is 0 Å². The summed E-state index contributed by atoms with van der Waals surface area (Å²) in [6.45, 7) is 0. The molecule has 0 saturated heterocycles. The van der Waals surface area contributed by atoms with Crippen molar-refractivity contribution in [3.05, 3.63) is 65.5 Å². The molecule has 0 bridgehead atoms. The summed E-state index contributed by atoms with van der Waals surface area (Å²) in [7, 11) is 0. The van der Waals surface area contributed by atoms with E-state index in [4.69, 9.17) is 5.26 Å². The van der Waals surface area contributed by atoms with Crippen molar-refractivity contribution in [1.82, 2.24) is 0 Å². The fourth-order valence-electron chi connectivity index (χ4n) is 1.87. The second-order valence-electron chi connectivity index (χ2n) is 4.69. The van der Waals surface area contributed by atoms with Crippen LogP contribution in [0.2, 0.25) is 0 Å². The fraction of sp³-hybridized carbons (Fsp3) is 0.0588. The van der Waals surface area contributed by atoms with E-state index in [9.17, 15) is 22.4 Å². The second kappa shape index (κ2) is 7.49. The van der Waals surface area contributed by atoms with E-state index in [1.165, 1.54) is 36.4 Å². The first-order valence-corrected chi connectivity index (χ1v) is 6.82. The highest BCUT2D eigenvalue weighted by Gasteiger charge is 2.31. The number of amides is 1. The molecular formula is C17H10F4N2O2. The van der Waals surface area contributed by atoms with Crippen molar-refractivity contribution in [2.24, 2.45) is 0 Å². The van der Waals surface area contributed by atoms with Crippen molar-refractivity contribution in [2.75, 3.05) is 5.32 Å². The molecule has 128 valence electrons. The predicted octanol–water partition coefficient (Wildman–Crippen LogP) is 4.27. The van der Waals surface area contributed by atoms with Crippen LogP contribution in [-0.2, 0) is 4.79 Å². The molecule has 25 heavy (non-hydrogen) atoms. The van der Waals surface area contributed by atoms with Crippen LogP contribution in [0, 0.1) is 17.1 Å². The molecular weight excluding hydrogens is 340 g/mol. The Hall–Kier alpha value is -3.34. The first-order chi connectivity index (χ1) is 11.8. The predicted molar refractivity (Wildman–Crippen MR) is 81.7 cm³/mol. The van der Waals surface area contributed by atoms with Gasteiger partial charge >= 0.3 is 6.36 Å². The molecule has 0 aliphatic rings. The Morgan fingerprint density at radius 2 is 1.76 bits per heavy atom. The van der Waals surface area contributed by atoms with E-state index >= 15 is 0 Å². The van der Waals surface area contributed by atoms with Crippen LogP contribution < -0.4 is 10.1 Å². The Morgan fingerprint density at radius 3 is 2.40 bits per heavy atom. The highest BCUT2D eigenvalue weighted by atomic mass is 19.4. The molecule has 2 rings (SSSR count). The molecule has 1 amide bonds. The summed E-state index contributed by atoms with van der Waals surface area (Å²) < 4.78 is 54.6. The minimum absolute atomic E-state index is 0.125. The first-order valence-electron chi connectivity index (χ1n) is 6.82. The lowest BCUT2D eigenvalue weighted by Gasteiger charge is -2.11. The number of anilines is 1. The minimum Gasteiger partial charge on any atom is -0.405 e.